The molecule has 0 atom stereocenters. The van der Waals surface area contributed by atoms with E-state index in [0.717, 1.165) is 23.8 Å². The van der Waals surface area contributed by atoms with Gasteiger partial charge in [-0.3, -0.25) is 4.79 Å². The number of rotatable bonds is 10. The molecule has 0 bridgehead atoms. The number of nitrogens with two attached hydrogens (primary N) is 1. The molecule has 2 rings (SSSR count). The number of amides is 1. The van der Waals surface area contributed by atoms with Gasteiger partial charge >= 0.3 is 13.2 Å². The maximum Gasteiger partial charge on any atom is 0.387 e. The molecule has 0 heterocycles. The molecule has 7 nitrogen and oxygen atoms in total. The van der Waals surface area contributed by atoms with Gasteiger partial charge in [0.2, 0.25) is 15.9 Å². The Bertz CT molecular complexity index is 1030. The minimum atomic E-state index is -3.79. The molecule has 12 heteroatoms. The van der Waals surface area contributed by atoms with E-state index in [2.05, 4.69) is 14.8 Å². The van der Waals surface area contributed by atoms with E-state index in [1.807, 2.05) is 0 Å². The summed E-state index contributed by atoms with van der Waals surface area (Å²) in [5.41, 5.74) is 0.801. The third-order valence-corrected chi connectivity index (χ3v) is 4.73. The SMILES string of the molecule is NS(=O)(=O)c1ccc(CCNC(=O)/C=C/c2ccc(OC(F)F)cc2OC(F)F)cc1. The van der Waals surface area contributed by atoms with Gasteiger partial charge in [0.1, 0.15) is 11.5 Å². The number of alkyl halides is 4. The highest BCUT2D eigenvalue weighted by Crippen LogP contribution is 2.28. The Balaban J connectivity index is 1.96. The summed E-state index contributed by atoms with van der Waals surface area (Å²) < 4.78 is 80.5. The van der Waals surface area contributed by atoms with Gasteiger partial charge in [-0.25, -0.2) is 13.6 Å². The highest BCUT2D eigenvalue weighted by atomic mass is 32.2. The zero-order valence-electron chi connectivity index (χ0n) is 15.8. The van der Waals surface area contributed by atoms with Crippen molar-refractivity contribution in [3.05, 3.63) is 59.7 Å². The lowest BCUT2D eigenvalue weighted by Gasteiger charge is -2.11. The molecular weight excluding hydrogens is 444 g/mol. The number of benzene rings is 2. The molecule has 0 saturated heterocycles. The second-order valence-corrected chi connectivity index (χ2v) is 7.58. The Morgan fingerprint density at radius 2 is 1.68 bits per heavy atom. The molecule has 2 aromatic carbocycles. The molecule has 0 aliphatic carbocycles. The van der Waals surface area contributed by atoms with Gasteiger partial charge in [-0.2, -0.15) is 17.6 Å². The van der Waals surface area contributed by atoms with Gasteiger partial charge in [-0.15, -0.1) is 0 Å². The van der Waals surface area contributed by atoms with Gasteiger partial charge in [-0.1, -0.05) is 12.1 Å². The normalized spacial score (nSPS) is 11.8. The third-order valence-electron chi connectivity index (χ3n) is 3.81. The van der Waals surface area contributed by atoms with Crippen molar-refractivity contribution in [1.29, 1.82) is 0 Å². The number of ether oxygens (including phenoxy) is 2. The Hall–Kier alpha value is -3.12. The molecule has 1 amide bonds. The highest BCUT2D eigenvalue weighted by molar-refractivity contribution is 7.89. The topological polar surface area (TPSA) is 108 Å². The molecule has 0 spiro atoms. The number of carbonyl (C=O) groups excluding carboxylic acids is 1. The number of hydrogen-bond acceptors (Lipinski definition) is 5. The number of halogens is 4. The van der Waals surface area contributed by atoms with Gasteiger partial charge in [-0.05, 0) is 42.3 Å². The van der Waals surface area contributed by atoms with Gasteiger partial charge in [0.25, 0.3) is 0 Å². The Morgan fingerprint density at radius 3 is 2.26 bits per heavy atom. The van der Waals surface area contributed by atoms with Crippen LogP contribution in [0.25, 0.3) is 6.08 Å². The van der Waals surface area contributed by atoms with Crippen LogP contribution in [0.15, 0.2) is 53.4 Å². The summed E-state index contributed by atoms with van der Waals surface area (Å²) in [6.45, 7) is -6.13. The first-order chi connectivity index (χ1) is 14.5. The predicted molar refractivity (Wildman–Crippen MR) is 103 cm³/mol. The van der Waals surface area contributed by atoms with Crippen LogP contribution in [0.2, 0.25) is 0 Å². The second-order valence-electron chi connectivity index (χ2n) is 6.02. The van der Waals surface area contributed by atoms with Crippen molar-refractivity contribution in [1.82, 2.24) is 5.32 Å². The van der Waals surface area contributed by atoms with E-state index in [9.17, 15) is 30.8 Å². The molecule has 31 heavy (non-hydrogen) atoms. The number of sulfonamides is 1. The molecule has 0 unspecified atom stereocenters. The van der Waals surface area contributed by atoms with E-state index in [1.165, 1.54) is 24.3 Å². The summed E-state index contributed by atoms with van der Waals surface area (Å²) in [7, 11) is -3.79. The van der Waals surface area contributed by atoms with Gasteiger partial charge in [0.05, 0.1) is 4.90 Å². The van der Waals surface area contributed by atoms with Crippen molar-refractivity contribution in [3.63, 3.8) is 0 Å². The van der Waals surface area contributed by atoms with Crippen LogP contribution in [0, 0.1) is 0 Å². The fourth-order valence-electron chi connectivity index (χ4n) is 2.43. The van der Waals surface area contributed by atoms with E-state index in [4.69, 9.17) is 5.14 Å². The number of hydrogen-bond donors (Lipinski definition) is 2. The van der Waals surface area contributed by atoms with Crippen LogP contribution in [-0.4, -0.2) is 34.1 Å². The molecule has 0 aromatic heterocycles. The zero-order valence-corrected chi connectivity index (χ0v) is 16.6. The maximum absolute atomic E-state index is 12.6. The standard InChI is InChI=1S/C19H18F4N2O5S/c20-18(21)29-14-5-3-13(16(11-14)30-19(22)23)4-8-17(26)25-10-9-12-1-6-15(7-2-12)31(24,27)28/h1-8,11,18-19H,9-10H2,(H,25,26)(H2,24,27,28)/b8-4+. The van der Waals surface area contributed by atoms with E-state index in [-0.39, 0.29) is 22.8 Å². The van der Waals surface area contributed by atoms with Crippen LogP contribution in [0.1, 0.15) is 11.1 Å². The molecule has 0 saturated carbocycles. The van der Waals surface area contributed by atoms with E-state index < -0.39 is 34.9 Å². The van der Waals surface area contributed by atoms with Crippen molar-refractivity contribution >= 4 is 22.0 Å². The fraction of sp³-hybridized carbons (Fsp3) is 0.211. The lowest BCUT2D eigenvalue weighted by molar-refractivity contribution is -0.116. The van der Waals surface area contributed by atoms with Crippen LogP contribution >= 0.6 is 0 Å². The lowest BCUT2D eigenvalue weighted by atomic mass is 10.1. The van der Waals surface area contributed by atoms with Crippen molar-refractivity contribution in [2.75, 3.05) is 6.54 Å². The summed E-state index contributed by atoms with van der Waals surface area (Å²) >= 11 is 0. The second kappa shape index (κ2) is 10.8. The molecular formula is C19H18F4N2O5S. The van der Waals surface area contributed by atoms with E-state index in [1.54, 1.807) is 12.1 Å². The van der Waals surface area contributed by atoms with Gasteiger partial charge in [0, 0.05) is 24.3 Å². The van der Waals surface area contributed by atoms with Crippen LogP contribution in [0.5, 0.6) is 11.5 Å². The summed E-state index contributed by atoms with van der Waals surface area (Å²) in [5.74, 6) is -1.36. The lowest BCUT2D eigenvalue weighted by Crippen LogP contribution is -2.23. The average Bonchev–Trinajstić information content (AvgIpc) is 2.66. The number of nitrogens with one attached hydrogen (secondary N) is 1. The third kappa shape index (κ3) is 8.26. The van der Waals surface area contributed by atoms with Crippen molar-refractivity contribution in [2.24, 2.45) is 5.14 Å². The van der Waals surface area contributed by atoms with Gasteiger partial charge in [0.15, 0.2) is 0 Å². The van der Waals surface area contributed by atoms with E-state index >= 15 is 0 Å². The first-order valence-corrected chi connectivity index (χ1v) is 10.2. The molecule has 0 aliphatic heterocycles. The monoisotopic (exact) mass is 462 g/mol. The van der Waals surface area contributed by atoms with Crippen LogP contribution in [0.3, 0.4) is 0 Å². The summed E-state index contributed by atoms with van der Waals surface area (Å²) in [6.07, 6.45) is 2.63. The van der Waals surface area contributed by atoms with Crippen LogP contribution in [-0.2, 0) is 21.2 Å². The minimum Gasteiger partial charge on any atom is -0.435 e. The smallest absolute Gasteiger partial charge is 0.387 e. The zero-order chi connectivity index (χ0) is 23.0. The van der Waals surface area contributed by atoms with Crippen LogP contribution < -0.4 is 19.9 Å². The van der Waals surface area contributed by atoms with Gasteiger partial charge < -0.3 is 14.8 Å². The average molecular weight is 462 g/mol. The quantitative estimate of drug-likeness (QED) is 0.417. The summed E-state index contributed by atoms with van der Waals surface area (Å²) in [4.78, 5) is 11.9. The Morgan fingerprint density at radius 1 is 1.03 bits per heavy atom. The number of carbonyl (C=O) groups is 1. The molecule has 0 radical (unpaired) electrons. The maximum atomic E-state index is 12.6. The van der Waals surface area contributed by atoms with Crippen molar-refractivity contribution < 1.29 is 40.2 Å². The number of primary sulfonamides is 1. The summed E-state index contributed by atoms with van der Waals surface area (Å²) in [5, 5.41) is 7.57. The van der Waals surface area contributed by atoms with Crippen molar-refractivity contribution in [3.8, 4) is 11.5 Å². The molecule has 3 N–H and O–H groups in total. The Labute approximate surface area is 175 Å². The van der Waals surface area contributed by atoms with E-state index in [0.29, 0.717) is 6.42 Å². The fourth-order valence-corrected chi connectivity index (χ4v) is 2.94. The molecule has 0 fully saturated rings. The molecule has 168 valence electrons. The molecule has 0 aliphatic rings. The van der Waals surface area contributed by atoms with Crippen LogP contribution in [0.4, 0.5) is 17.6 Å². The predicted octanol–water partition coefficient (Wildman–Crippen LogP) is 2.91. The first kappa shape index (κ1) is 24.2. The van der Waals surface area contributed by atoms with Crippen molar-refractivity contribution in [2.45, 2.75) is 24.5 Å². The highest BCUT2D eigenvalue weighted by Gasteiger charge is 2.12. The molecule has 2 aromatic rings. The largest absolute Gasteiger partial charge is 0.435 e. The Kier molecular flexibility index (Phi) is 8.39. The first-order valence-electron chi connectivity index (χ1n) is 8.66. The minimum absolute atomic E-state index is 0.0324. The summed E-state index contributed by atoms with van der Waals surface area (Å²) in [6, 6.07) is 8.97.